The van der Waals surface area contributed by atoms with Crippen molar-refractivity contribution in [3.63, 3.8) is 0 Å². The van der Waals surface area contributed by atoms with Crippen LogP contribution in [0.5, 0.6) is 0 Å². The number of hydrogen-bond acceptors (Lipinski definition) is 3. The van der Waals surface area contributed by atoms with Crippen molar-refractivity contribution in [3.8, 4) is 0 Å². The number of carbonyl (C=O) groups excluding carboxylic acids is 2. The molecule has 1 heterocycles. The van der Waals surface area contributed by atoms with Gasteiger partial charge in [0.2, 0.25) is 0 Å². The number of nitrogens with one attached hydrogen (secondary N) is 2. The molecule has 24 heavy (non-hydrogen) atoms. The van der Waals surface area contributed by atoms with Crippen LogP contribution in [0.3, 0.4) is 0 Å². The number of anilines is 1. The van der Waals surface area contributed by atoms with Gasteiger partial charge < -0.3 is 10.6 Å². The Morgan fingerprint density at radius 2 is 1.96 bits per heavy atom. The van der Waals surface area contributed by atoms with Crippen molar-refractivity contribution < 1.29 is 9.59 Å². The zero-order valence-electron chi connectivity index (χ0n) is 13.6. The van der Waals surface area contributed by atoms with E-state index in [0.717, 1.165) is 12.8 Å². The van der Waals surface area contributed by atoms with Gasteiger partial charge in [-0.25, -0.2) is 0 Å². The number of benzene rings is 1. The van der Waals surface area contributed by atoms with Crippen LogP contribution in [0.4, 0.5) is 5.69 Å². The first-order chi connectivity index (χ1) is 11.6. The van der Waals surface area contributed by atoms with E-state index in [0.29, 0.717) is 27.7 Å². The normalized spacial score (nSPS) is 10.4. The minimum absolute atomic E-state index is 0.158. The molecule has 6 heteroatoms. The smallest absolute Gasteiger partial charge is 0.265 e. The van der Waals surface area contributed by atoms with Crippen LogP contribution in [0.2, 0.25) is 5.02 Å². The molecule has 0 bridgehead atoms. The van der Waals surface area contributed by atoms with E-state index in [2.05, 4.69) is 17.6 Å². The van der Waals surface area contributed by atoms with Crippen LogP contribution < -0.4 is 10.6 Å². The van der Waals surface area contributed by atoms with Gasteiger partial charge in [-0.2, -0.15) is 0 Å². The molecule has 4 nitrogen and oxygen atoms in total. The molecule has 0 saturated carbocycles. The third-order valence-electron chi connectivity index (χ3n) is 3.54. The van der Waals surface area contributed by atoms with Crippen LogP contribution in [0, 0.1) is 0 Å². The van der Waals surface area contributed by atoms with Gasteiger partial charge in [0.05, 0.1) is 15.6 Å². The Kier molecular flexibility index (Phi) is 7.28. The maximum atomic E-state index is 12.2. The highest BCUT2D eigenvalue weighted by molar-refractivity contribution is 7.12. The molecular weight excluding hydrogens is 344 g/mol. The highest BCUT2D eigenvalue weighted by Gasteiger charge is 2.12. The molecule has 0 spiro atoms. The number of halogens is 1. The van der Waals surface area contributed by atoms with Gasteiger partial charge in [0.1, 0.15) is 0 Å². The molecule has 0 aliphatic rings. The molecule has 0 unspecified atom stereocenters. The first kappa shape index (κ1) is 18.5. The van der Waals surface area contributed by atoms with Gasteiger partial charge in [-0.1, -0.05) is 43.9 Å². The van der Waals surface area contributed by atoms with E-state index in [4.69, 9.17) is 11.6 Å². The third-order valence-corrected chi connectivity index (χ3v) is 4.74. The topological polar surface area (TPSA) is 58.2 Å². The lowest BCUT2D eigenvalue weighted by Crippen LogP contribution is -2.24. The summed E-state index contributed by atoms with van der Waals surface area (Å²) in [4.78, 5) is 24.9. The van der Waals surface area contributed by atoms with Gasteiger partial charge in [0.25, 0.3) is 11.8 Å². The highest BCUT2D eigenvalue weighted by Crippen LogP contribution is 2.24. The molecule has 1 aromatic carbocycles. The highest BCUT2D eigenvalue weighted by atomic mass is 35.5. The minimum Gasteiger partial charge on any atom is -0.352 e. The van der Waals surface area contributed by atoms with Gasteiger partial charge in [-0.3, -0.25) is 9.59 Å². The SMILES string of the molecule is CCCCCCNC(=O)c1ccc(Cl)c(NC(=O)c2cccs2)c1. The fourth-order valence-corrected chi connectivity index (χ4v) is 2.99. The molecule has 0 aliphatic heterocycles. The van der Waals surface area contributed by atoms with Crippen LogP contribution in [-0.2, 0) is 0 Å². The summed E-state index contributed by atoms with van der Waals surface area (Å²) in [6, 6.07) is 8.43. The van der Waals surface area contributed by atoms with E-state index < -0.39 is 0 Å². The predicted molar refractivity (Wildman–Crippen MR) is 100 cm³/mol. The molecule has 1 aromatic heterocycles. The zero-order chi connectivity index (χ0) is 17.4. The van der Waals surface area contributed by atoms with E-state index in [9.17, 15) is 9.59 Å². The van der Waals surface area contributed by atoms with Crippen LogP contribution >= 0.6 is 22.9 Å². The number of hydrogen-bond donors (Lipinski definition) is 2. The summed E-state index contributed by atoms with van der Waals surface area (Å²) in [5.74, 6) is -0.390. The van der Waals surface area contributed by atoms with E-state index in [1.807, 2.05) is 11.4 Å². The molecule has 0 aliphatic carbocycles. The van der Waals surface area contributed by atoms with Crippen molar-refractivity contribution in [2.24, 2.45) is 0 Å². The summed E-state index contributed by atoms with van der Waals surface area (Å²) in [6.45, 7) is 2.80. The molecule has 2 aromatic rings. The summed E-state index contributed by atoms with van der Waals surface area (Å²) in [5.41, 5.74) is 0.921. The van der Waals surface area contributed by atoms with Gasteiger partial charge in [-0.05, 0) is 36.1 Å². The molecule has 2 N–H and O–H groups in total. The van der Waals surface area contributed by atoms with Gasteiger partial charge in [-0.15, -0.1) is 11.3 Å². The van der Waals surface area contributed by atoms with Gasteiger partial charge in [0, 0.05) is 12.1 Å². The number of rotatable bonds is 8. The Morgan fingerprint density at radius 3 is 2.67 bits per heavy atom. The van der Waals surface area contributed by atoms with Crippen molar-refractivity contribution in [1.29, 1.82) is 0 Å². The maximum Gasteiger partial charge on any atom is 0.265 e. The van der Waals surface area contributed by atoms with Crippen molar-refractivity contribution in [2.75, 3.05) is 11.9 Å². The maximum absolute atomic E-state index is 12.2. The molecule has 128 valence electrons. The van der Waals surface area contributed by atoms with E-state index in [-0.39, 0.29) is 11.8 Å². The number of amides is 2. The second kappa shape index (κ2) is 9.45. The molecule has 0 saturated heterocycles. The summed E-state index contributed by atoms with van der Waals surface area (Å²) >= 11 is 7.47. The summed E-state index contributed by atoms with van der Waals surface area (Å²) in [5, 5.41) is 7.88. The van der Waals surface area contributed by atoms with Crippen LogP contribution in [0.25, 0.3) is 0 Å². The molecule has 2 amide bonds. The minimum atomic E-state index is -0.232. The van der Waals surface area contributed by atoms with Crippen LogP contribution in [0.15, 0.2) is 35.7 Å². The Hall–Kier alpha value is -1.85. The lowest BCUT2D eigenvalue weighted by molar-refractivity contribution is 0.0951. The quantitative estimate of drug-likeness (QED) is 0.650. The van der Waals surface area contributed by atoms with Crippen LogP contribution in [-0.4, -0.2) is 18.4 Å². The molecule has 0 atom stereocenters. The number of thiophene rings is 1. The lowest BCUT2D eigenvalue weighted by atomic mass is 10.1. The fourth-order valence-electron chi connectivity index (χ4n) is 2.21. The van der Waals surface area contributed by atoms with Gasteiger partial charge in [0.15, 0.2) is 0 Å². The lowest BCUT2D eigenvalue weighted by Gasteiger charge is -2.09. The fraction of sp³-hybridized carbons (Fsp3) is 0.333. The van der Waals surface area contributed by atoms with Gasteiger partial charge >= 0.3 is 0 Å². The molecule has 0 fully saturated rings. The zero-order valence-corrected chi connectivity index (χ0v) is 15.2. The second-order valence-corrected chi connectivity index (χ2v) is 6.80. The Morgan fingerprint density at radius 1 is 1.12 bits per heavy atom. The summed E-state index contributed by atoms with van der Waals surface area (Å²) in [6.07, 6.45) is 4.42. The first-order valence-corrected chi connectivity index (χ1v) is 9.30. The molecule has 2 rings (SSSR count). The molecule has 0 radical (unpaired) electrons. The van der Waals surface area contributed by atoms with Crippen LogP contribution in [0.1, 0.15) is 52.6 Å². The standard InChI is InChI=1S/C18H21ClN2O2S/c1-2-3-4-5-10-20-17(22)13-8-9-14(19)15(12-13)21-18(23)16-7-6-11-24-16/h6-9,11-12H,2-5,10H2,1H3,(H,20,22)(H,21,23). The second-order valence-electron chi connectivity index (χ2n) is 5.44. The predicted octanol–water partition coefficient (Wildman–Crippen LogP) is 4.96. The van der Waals surface area contributed by atoms with E-state index in [1.54, 1.807) is 24.3 Å². The van der Waals surface area contributed by atoms with Crippen molar-refractivity contribution in [3.05, 3.63) is 51.2 Å². The summed E-state index contributed by atoms with van der Waals surface area (Å²) in [7, 11) is 0. The monoisotopic (exact) mass is 364 g/mol. The van der Waals surface area contributed by atoms with E-state index in [1.165, 1.54) is 24.2 Å². The molecular formula is C18H21ClN2O2S. The average Bonchev–Trinajstić information content (AvgIpc) is 3.11. The van der Waals surface area contributed by atoms with E-state index >= 15 is 0 Å². The summed E-state index contributed by atoms with van der Waals surface area (Å²) < 4.78 is 0. The number of carbonyl (C=O) groups is 2. The Balaban J connectivity index is 1.97. The third kappa shape index (κ3) is 5.35. The largest absolute Gasteiger partial charge is 0.352 e. The van der Waals surface area contributed by atoms with Crippen molar-refractivity contribution in [2.45, 2.75) is 32.6 Å². The first-order valence-electron chi connectivity index (χ1n) is 8.04. The van der Waals surface area contributed by atoms with Crippen molar-refractivity contribution in [1.82, 2.24) is 5.32 Å². The average molecular weight is 365 g/mol. The number of unbranched alkanes of at least 4 members (excludes halogenated alkanes) is 3. The van der Waals surface area contributed by atoms with Crippen molar-refractivity contribution >= 4 is 40.4 Å². The Labute approximate surface area is 151 Å². The Bertz CT molecular complexity index is 686.